The number of anilines is 2. The molecule has 0 fully saturated rings. The Hall–Kier alpha value is -2.26. The van der Waals surface area contributed by atoms with Gasteiger partial charge in [-0.05, 0) is 43.7 Å². The summed E-state index contributed by atoms with van der Waals surface area (Å²) in [7, 11) is 0. The van der Waals surface area contributed by atoms with Gasteiger partial charge < -0.3 is 10.1 Å². The summed E-state index contributed by atoms with van der Waals surface area (Å²) >= 11 is 6.23. The van der Waals surface area contributed by atoms with Gasteiger partial charge in [0.2, 0.25) is 5.52 Å². The van der Waals surface area contributed by atoms with E-state index in [9.17, 15) is 0 Å². The lowest BCUT2D eigenvalue weighted by Gasteiger charge is -2.12. The van der Waals surface area contributed by atoms with Crippen molar-refractivity contribution in [3.63, 3.8) is 0 Å². The molecule has 3 aromatic rings. The van der Waals surface area contributed by atoms with E-state index >= 15 is 0 Å². The fourth-order valence-corrected chi connectivity index (χ4v) is 2.82. The van der Waals surface area contributed by atoms with E-state index in [2.05, 4.69) is 22.4 Å². The second-order valence-corrected chi connectivity index (χ2v) is 5.95. The molecule has 0 radical (unpaired) electrons. The normalized spacial score (nSPS) is 10.8. The van der Waals surface area contributed by atoms with Gasteiger partial charge in [-0.25, -0.2) is 4.98 Å². The van der Waals surface area contributed by atoms with Gasteiger partial charge in [-0.2, -0.15) is 0 Å². The van der Waals surface area contributed by atoms with E-state index < -0.39 is 0 Å². The number of benzene rings is 2. The Morgan fingerprint density at radius 2 is 1.91 bits per heavy atom. The van der Waals surface area contributed by atoms with E-state index in [1.807, 2.05) is 51.1 Å². The maximum absolute atomic E-state index is 6.23. The van der Waals surface area contributed by atoms with Crippen molar-refractivity contribution >= 4 is 33.9 Å². The molecule has 4 heteroatoms. The van der Waals surface area contributed by atoms with E-state index in [4.69, 9.17) is 16.3 Å². The molecule has 1 heterocycles. The van der Waals surface area contributed by atoms with Gasteiger partial charge in [-0.15, -0.1) is 0 Å². The minimum atomic E-state index is 0.650. The molecule has 0 unspecified atom stereocenters. The first-order valence-electron chi connectivity index (χ1n) is 7.70. The lowest BCUT2D eigenvalue weighted by atomic mass is 10.1. The summed E-state index contributed by atoms with van der Waals surface area (Å²) in [6.45, 7) is 6.70. The Morgan fingerprint density at radius 1 is 1.09 bits per heavy atom. The van der Waals surface area contributed by atoms with Crippen LogP contribution in [0.5, 0.6) is 5.75 Å². The van der Waals surface area contributed by atoms with Crippen LogP contribution in [-0.2, 0) is 0 Å². The Morgan fingerprint density at radius 3 is 2.70 bits per heavy atom. The van der Waals surface area contributed by atoms with Crippen LogP contribution in [0.15, 0.2) is 42.5 Å². The summed E-state index contributed by atoms with van der Waals surface area (Å²) in [4.78, 5) is 3.39. The lowest BCUT2D eigenvalue weighted by Crippen LogP contribution is -2.10. The van der Waals surface area contributed by atoms with Crippen LogP contribution in [-0.4, -0.2) is 6.61 Å². The highest BCUT2D eigenvalue weighted by atomic mass is 35.5. The molecule has 0 aliphatic carbocycles. The standard InChI is InChI=1S/C19H19ClN2O/c1-4-23-14-8-9-18-15(11-14)19(10-12(2)21-18)22-17-7-5-6-16(20)13(17)3/h5-11H,4H2,1-3H3,(H,21,22)/p+1. The summed E-state index contributed by atoms with van der Waals surface area (Å²) in [6, 6.07) is 14.1. The monoisotopic (exact) mass is 327 g/mol. The van der Waals surface area contributed by atoms with Gasteiger partial charge in [0.1, 0.15) is 5.75 Å². The third-order valence-corrected chi connectivity index (χ3v) is 4.23. The average molecular weight is 328 g/mol. The summed E-state index contributed by atoms with van der Waals surface area (Å²) in [5.41, 5.74) is 5.22. The highest BCUT2D eigenvalue weighted by molar-refractivity contribution is 6.31. The summed E-state index contributed by atoms with van der Waals surface area (Å²) in [6.07, 6.45) is 0. The zero-order valence-electron chi connectivity index (χ0n) is 13.5. The van der Waals surface area contributed by atoms with Gasteiger partial charge in [0.05, 0.1) is 17.7 Å². The van der Waals surface area contributed by atoms with Gasteiger partial charge in [-0.1, -0.05) is 17.7 Å². The zero-order valence-corrected chi connectivity index (χ0v) is 14.3. The summed E-state index contributed by atoms with van der Waals surface area (Å²) in [5, 5.41) is 5.35. The summed E-state index contributed by atoms with van der Waals surface area (Å²) in [5.74, 6) is 0.864. The Kier molecular flexibility index (Phi) is 4.39. The quantitative estimate of drug-likeness (QED) is 0.726. The molecule has 3 nitrogen and oxygen atoms in total. The molecule has 0 bridgehead atoms. The molecule has 0 atom stereocenters. The van der Waals surface area contributed by atoms with E-state index in [1.165, 1.54) is 0 Å². The van der Waals surface area contributed by atoms with Crippen LogP contribution in [0.3, 0.4) is 0 Å². The lowest BCUT2D eigenvalue weighted by molar-refractivity contribution is -0.354. The molecule has 2 aromatic carbocycles. The Labute approximate surface area is 141 Å². The summed E-state index contributed by atoms with van der Waals surface area (Å²) < 4.78 is 5.63. The van der Waals surface area contributed by atoms with E-state index in [0.717, 1.165) is 44.3 Å². The fourth-order valence-electron chi connectivity index (χ4n) is 2.65. The zero-order chi connectivity index (χ0) is 16.4. The minimum Gasteiger partial charge on any atom is -0.494 e. The molecule has 23 heavy (non-hydrogen) atoms. The molecular formula is C19H20ClN2O+. The van der Waals surface area contributed by atoms with Crippen LogP contribution in [0, 0.1) is 13.8 Å². The van der Waals surface area contributed by atoms with Gasteiger partial charge in [-0.3, -0.25) is 0 Å². The molecule has 0 amide bonds. The number of halogens is 1. The third kappa shape index (κ3) is 3.25. The first kappa shape index (κ1) is 15.6. The first-order valence-corrected chi connectivity index (χ1v) is 8.08. The number of aromatic amines is 1. The first-order chi connectivity index (χ1) is 11.1. The number of fused-ring (bicyclic) bond motifs is 1. The van der Waals surface area contributed by atoms with Crippen LogP contribution in [0.4, 0.5) is 11.4 Å². The molecule has 3 rings (SSSR count). The van der Waals surface area contributed by atoms with E-state index in [-0.39, 0.29) is 0 Å². The van der Waals surface area contributed by atoms with Gasteiger partial charge in [0, 0.05) is 29.8 Å². The Balaban J connectivity index is 2.11. The van der Waals surface area contributed by atoms with Crippen molar-refractivity contribution in [3.05, 3.63) is 58.7 Å². The number of hydrogen-bond acceptors (Lipinski definition) is 2. The maximum Gasteiger partial charge on any atom is 0.213 e. The SMILES string of the molecule is CCOc1ccc2[nH+]c(C)cc(Nc3cccc(Cl)c3C)c2c1. The molecule has 118 valence electrons. The number of aryl methyl sites for hydroxylation is 1. The highest BCUT2D eigenvalue weighted by Gasteiger charge is 2.12. The number of ether oxygens (including phenoxy) is 1. The van der Waals surface area contributed by atoms with Crippen LogP contribution in [0.25, 0.3) is 10.9 Å². The van der Waals surface area contributed by atoms with Crippen molar-refractivity contribution in [1.82, 2.24) is 0 Å². The van der Waals surface area contributed by atoms with Crippen LogP contribution in [0.1, 0.15) is 18.2 Å². The van der Waals surface area contributed by atoms with E-state index in [0.29, 0.717) is 6.61 Å². The number of nitrogens with one attached hydrogen (secondary N) is 2. The van der Waals surface area contributed by atoms with Crippen molar-refractivity contribution in [2.45, 2.75) is 20.8 Å². The van der Waals surface area contributed by atoms with Gasteiger partial charge in [0.25, 0.3) is 0 Å². The van der Waals surface area contributed by atoms with Crippen molar-refractivity contribution in [2.24, 2.45) is 0 Å². The van der Waals surface area contributed by atoms with Gasteiger partial charge in [0.15, 0.2) is 5.69 Å². The number of aromatic nitrogens is 1. The third-order valence-electron chi connectivity index (χ3n) is 3.82. The molecular weight excluding hydrogens is 308 g/mol. The smallest absolute Gasteiger partial charge is 0.213 e. The van der Waals surface area contributed by atoms with Crippen molar-refractivity contribution in [3.8, 4) is 5.75 Å². The molecule has 0 saturated carbocycles. The van der Waals surface area contributed by atoms with E-state index in [1.54, 1.807) is 0 Å². The predicted octanol–water partition coefficient (Wildman–Crippen LogP) is 5.07. The molecule has 0 spiro atoms. The second kappa shape index (κ2) is 6.47. The van der Waals surface area contributed by atoms with Gasteiger partial charge >= 0.3 is 0 Å². The second-order valence-electron chi connectivity index (χ2n) is 5.54. The number of H-pyrrole nitrogens is 1. The van der Waals surface area contributed by atoms with Crippen LogP contribution in [0.2, 0.25) is 5.02 Å². The van der Waals surface area contributed by atoms with Crippen LogP contribution < -0.4 is 15.0 Å². The van der Waals surface area contributed by atoms with Crippen molar-refractivity contribution < 1.29 is 9.72 Å². The maximum atomic E-state index is 6.23. The molecule has 1 aromatic heterocycles. The number of hydrogen-bond donors (Lipinski definition) is 1. The highest BCUT2D eigenvalue weighted by Crippen LogP contribution is 2.31. The molecule has 0 saturated heterocycles. The Bertz CT molecular complexity index is 861. The number of rotatable bonds is 4. The van der Waals surface area contributed by atoms with Crippen molar-refractivity contribution in [2.75, 3.05) is 11.9 Å². The molecule has 0 aliphatic heterocycles. The fraction of sp³-hybridized carbons (Fsp3) is 0.211. The average Bonchev–Trinajstić information content (AvgIpc) is 2.52. The van der Waals surface area contributed by atoms with Crippen LogP contribution >= 0.6 is 11.6 Å². The largest absolute Gasteiger partial charge is 0.494 e. The predicted molar refractivity (Wildman–Crippen MR) is 95.9 cm³/mol. The minimum absolute atomic E-state index is 0.650. The molecule has 0 aliphatic rings. The number of pyridine rings is 1. The van der Waals surface area contributed by atoms with Crippen molar-refractivity contribution in [1.29, 1.82) is 0 Å². The topological polar surface area (TPSA) is 35.4 Å². The molecule has 2 N–H and O–H groups in total.